The molecule has 2 heterocycles. The van der Waals surface area contributed by atoms with Gasteiger partial charge in [-0.2, -0.15) is 0 Å². The quantitative estimate of drug-likeness (QED) is 0.431. The molecular formula is C24H24N4O. The molecule has 0 saturated carbocycles. The van der Waals surface area contributed by atoms with Crippen LogP contribution < -0.4 is 4.74 Å². The van der Waals surface area contributed by atoms with E-state index in [2.05, 4.69) is 26.5 Å². The molecule has 146 valence electrons. The van der Waals surface area contributed by atoms with Gasteiger partial charge in [-0.3, -0.25) is 4.99 Å². The summed E-state index contributed by atoms with van der Waals surface area (Å²) in [6.45, 7) is 7.04. The fourth-order valence-corrected chi connectivity index (χ4v) is 3.04. The van der Waals surface area contributed by atoms with E-state index in [1.807, 2.05) is 73.7 Å². The van der Waals surface area contributed by atoms with Gasteiger partial charge in [-0.05, 0) is 55.0 Å². The van der Waals surface area contributed by atoms with Gasteiger partial charge in [-0.15, -0.1) is 0 Å². The summed E-state index contributed by atoms with van der Waals surface area (Å²) in [6, 6.07) is 21.9. The number of H-pyrrole nitrogens is 1. The second-order valence-electron chi connectivity index (χ2n) is 6.52. The molecule has 1 N–H and O–H groups in total. The lowest BCUT2D eigenvalue weighted by atomic mass is 10.2. The first-order chi connectivity index (χ1) is 14.3. The number of aromatic amines is 1. The Morgan fingerprint density at radius 2 is 1.86 bits per heavy atom. The van der Waals surface area contributed by atoms with Crippen molar-refractivity contribution >= 4 is 16.9 Å². The molecule has 0 aliphatic heterocycles. The van der Waals surface area contributed by atoms with Crippen LogP contribution in [0.2, 0.25) is 0 Å². The molecule has 2 aromatic heterocycles. The minimum absolute atomic E-state index is 0. The number of fused-ring (bicyclic) bond motifs is 1. The first-order valence-electron chi connectivity index (χ1n) is 9.58. The van der Waals surface area contributed by atoms with Gasteiger partial charge in [0.1, 0.15) is 18.2 Å². The summed E-state index contributed by atoms with van der Waals surface area (Å²) in [5.41, 5.74) is 5.21. The number of aromatic nitrogens is 3. The topological polar surface area (TPSA) is 63.2 Å². The van der Waals surface area contributed by atoms with Crippen LogP contribution in [0.3, 0.4) is 0 Å². The van der Waals surface area contributed by atoms with Crippen molar-refractivity contribution < 1.29 is 6.16 Å². The van der Waals surface area contributed by atoms with Crippen LogP contribution in [0.15, 0.2) is 84.4 Å². The maximum absolute atomic E-state index is 5.85. The zero-order valence-corrected chi connectivity index (χ0v) is 16.3. The van der Waals surface area contributed by atoms with Crippen LogP contribution in [-0.2, 0) is 6.61 Å². The number of benzene rings is 2. The van der Waals surface area contributed by atoms with Crippen LogP contribution in [0.1, 0.15) is 19.6 Å². The molecule has 4 rings (SSSR count). The molecule has 0 bridgehead atoms. The molecule has 5 heteroatoms. The maximum Gasteiger partial charge on any atom is 0.178 e. The summed E-state index contributed by atoms with van der Waals surface area (Å²) >= 11 is 0. The van der Waals surface area contributed by atoms with Crippen LogP contribution in [0.4, 0.5) is 0 Å². The second kappa shape index (κ2) is 8.52. The van der Waals surface area contributed by atoms with E-state index in [0.717, 1.165) is 39.6 Å². The van der Waals surface area contributed by atoms with Gasteiger partial charge < -0.3 is 9.72 Å². The van der Waals surface area contributed by atoms with Crippen LogP contribution in [0, 0.1) is 0 Å². The van der Waals surface area contributed by atoms with Crippen LogP contribution >= 0.6 is 0 Å². The first kappa shape index (κ1) is 18.6. The van der Waals surface area contributed by atoms with Gasteiger partial charge in [-0.25, -0.2) is 9.97 Å². The van der Waals surface area contributed by atoms with Crippen molar-refractivity contribution in [2.75, 3.05) is 6.54 Å². The van der Waals surface area contributed by atoms with E-state index in [-0.39, 0.29) is 1.43 Å². The number of ether oxygens (including phenoxy) is 1. The molecule has 0 radical (unpaired) electrons. The Labute approximate surface area is 171 Å². The van der Waals surface area contributed by atoms with Crippen molar-refractivity contribution in [1.82, 2.24) is 15.0 Å². The average molecular weight is 384 g/mol. The van der Waals surface area contributed by atoms with Gasteiger partial charge >= 0.3 is 0 Å². The SMILES string of the molecule is C=CC(=NCC)c1ccc2[nH]c(-c3ccc(OCc4ccccc4)cc3)nc2n1.[HH]. The molecule has 0 aliphatic carbocycles. The molecule has 0 unspecified atom stereocenters. The number of nitrogens with zero attached hydrogens (tertiary/aromatic N) is 3. The Morgan fingerprint density at radius 1 is 1.07 bits per heavy atom. The molecule has 5 nitrogen and oxygen atoms in total. The van der Waals surface area contributed by atoms with Gasteiger partial charge in [0.2, 0.25) is 0 Å². The highest BCUT2D eigenvalue weighted by Crippen LogP contribution is 2.23. The number of imidazole rings is 1. The Balaban J connectivity index is 0.00000256. The lowest BCUT2D eigenvalue weighted by molar-refractivity contribution is 0.306. The van der Waals surface area contributed by atoms with Crippen molar-refractivity contribution in [3.63, 3.8) is 0 Å². The van der Waals surface area contributed by atoms with E-state index < -0.39 is 0 Å². The summed E-state index contributed by atoms with van der Waals surface area (Å²) in [7, 11) is 0. The monoisotopic (exact) mass is 384 g/mol. The van der Waals surface area contributed by atoms with Crippen LogP contribution in [0.25, 0.3) is 22.6 Å². The third kappa shape index (κ3) is 4.24. The summed E-state index contributed by atoms with van der Waals surface area (Å²) in [4.78, 5) is 17.0. The zero-order chi connectivity index (χ0) is 20.1. The number of hydrogen-bond donors (Lipinski definition) is 1. The summed E-state index contributed by atoms with van der Waals surface area (Å²) in [5, 5.41) is 0. The van der Waals surface area contributed by atoms with Crippen molar-refractivity contribution in [3.05, 3.63) is 90.6 Å². The highest BCUT2D eigenvalue weighted by molar-refractivity contribution is 6.07. The minimum Gasteiger partial charge on any atom is -0.489 e. The molecule has 2 aromatic carbocycles. The van der Waals surface area contributed by atoms with Crippen molar-refractivity contribution in [2.24, 2.45) is 4.99 Å². The Morgan fingerprint density at radius 3 is 2.59 bits per heavy atom. The molecule has 0 saturated heterocycles. The smallest absolute Gasteiger partial charge is 0.178 e. The first-order valence-corrected chi connectivity index (χ1v) is 9.58. The molecule has 0 aliphatic rings. The predicted octanol–water partition coefficient (Wildman–Crippen LogP) is 5.44. The fraction of sp³-hybridized carbons (Fsp3) is 0.125. The van der Waals surface area contributed by atoms with E-state index in [0.29, 0.717) is 18.8 Å². The van der Waals surface area contributed by atoms with Gasteiger partial charge in [-0.1, -0.05) is 36.9 Å². The Bertz CT molecular complexity index is 1150. The number of pyridine rings is 1. The summed E-state index contributed by atoms with van der Waals surface area (Å²) in [6.07, 6.45) is 1.72. The number of nitrogens with one attached hydrogen (secondary N) is 1. The lowest BCUT2D eigenvalue weighted by Gasteiger charge is -2.06. The predicted molar refractivity (Wildman–Crippen MR) is 119 cm³/mol. The van der Waals surface area contributed by atoms with Crippen molar-refractivity contribution in [3.8, 4) is 17.1 Å². The van der Waals surface area contributed by atoms with E-state index in [1.165, 1.54) is 0 Å². The lowest BCUT2D eigenvalue weighted by Crippen LogP contribution is -2.00. The third-order valence-electron chi connectivity index (χ3n) is 4.51. The standard InChI is InChI=1S/C24H22N4O.H2/c1-3-20(25-4-2)21-14-15-22-24(26-21)28-23(27-22)18-10-12-19(13-11-18)29-16-17-8-6-5-7-9-17;/h3,5-15H,1,4,16H2,2H3,(H,26,27,28);1H. The molecule has 29 heavy (non-hydrogen) atoms. The molecule has 0 spiro atoms. The van der Waals surface area contributed by atoms with Gasteiger partial charge in [0.15, 0.2) is 5.65 Å². The van der Waals surface area contributed by atoms with Crippen molar-refractivity contribution in [1.29, 1.82) is 0 Å². The molecule has 0 fully saturated rings. The highest BCUT2D eigenvalue weighted by atomic mass is 16.5. The molecule has 4 aromatic rings. The number of allylic oxidation sites excluding steroid dienone is 1. The van der Waals surface area contributed by atoms with Gasteiger partial charge in [0.05, 0.1) is 16.9 Å². The van der Waals surface area contributed by atoms with Gasteiger partial charge in [0, 0.05) is 13.5 Å². The summed E-state index contributed by atoms with van der Waals surface area (Å²) < 4.78 is 5.85. The Hall–Kier alpha value is -3.73. The zero-order valence-electron chi connectivity index (χ0n) is 16.3. The second-order valence-corrected chi connectivity index (χ2v) is 6.52. The van der Waals surface area contributed by atoms with Crippen LogP contribution in [0.5, 0.6) is 5.75 Å². The number of rotatable bonds is 7. The van der Waals surface area contributed by atoms with Crippen LogP contribution in [-0.4, -0.2) is 27.2 Å². The Kier molecular flexibility index (Phi) is 5.47. The fourth-order valence-electron chi connectivity index (χ4n) is 3.04. The van der Waals surface area contributed by atoms with E-state index in [9.17, 15) is 0 Å². The largest absolute Gasteiger partial charge is 0.489 e. The molecule has 0 atom stereocenters. The highest BCUT2D eigenvalue weighted by Gasteiger charge is 2.09. The molecular weight excluding hydrogens is 360 g/mol. The molecule has 0 amide bonds. The third-order valence-corrected chi connectivity index (χ3v) is 4.51. The van der Waals surface area contributed by atoms with Crippen molar-refractivity contribution in [2.45, 2.75) is 13.5 Å². The number of hydrogen-bond acceptors (Lipinski definition) is 4. The minimum atomic E-state index is 0. The van der Waals surface area contributed by atoms with Gasteiger partial charge in [0.25, 0.3) is 0 Å². The normalized spacial score (nSPS) is 11.6. The van der Waals surface area contributed by atoms with E-state index in [4.69, 9.17) is 4.74 Å². The van der Waals surface area contributed by atoms with E-state index >= 15 is 0 Å². The number of aliphatic imine (C=N–C) groups is 1. The summed E-state index contributed by atoms with van der Waals surface area (Å²) in [5.74, 6) is 1.59. The maximum atomic E-state index is 5.85. The van der Waals surface area contributed by atoms with E-state index in [1.54, 1.807) is 6.08 Å². The average Bonchev–Trinajstić information content (AvgIpc) is 3.20.